The molecule has 0 aliphatic carbocycles. The number of non-ortho nitro benzene ring substituents is 1. The van der Waals surface area contributed by atoms with Crippen molar-refractivity contribution in [2.45, 2.75) is 11.8 Å². The second-order valence-electron chi connectivity index (χ2n) is 9.03. The van der Waals surface area contributed by atoms with Crippen LogP contribution in [0.2, 0.25) is 0 Å². The van der Waals surface area contributed by atoms with E-state index in [2.05, 4.69) is 25.6 Å². The van der Waals surface area contributed by atoms with Crippen molar-refractivity contribution >= 4 is 38.6 Å². The molecular weight excluding hydrogens is 678 g/mol. The van der Waals surface area contributed by atoms with Crippen LogP contribution in [0, 0.1) is 17.0 Å². The Labute approximate surface area is 278 Å². The van der Waals surface area contributed by atoms with E-state index in [4.69, 9.17) is 5.11 Å². The molecule has 0 aliphatic heterocycles. The van der Waals surface area contributed by atoms with Gasteiger partial charge in [0.2, 0.25) is 0 Å². The number of nitro benzene ring substituents is 1. The smallest absolute Gasteiger partial charge is 0.871 e. The maximum atomic E-state index is 12.4. The molecule has 239 valence electrons. The van der Waals surface area contributed by atoms with Gasteiger partial charge < -0.3 is 34.8 Å². The maximum Gasteiger partial charge on any atom is 3.00 e. The minimum absolute atomic E-state index is 0. The first-order valence-electron chi connectivity index (χ1n) is 12.6. The fourth-order valence-corrected chi connectivity index (χ4v) is 4.07. The van der Waals surface area contributed by atoms with Crippen LogP contribution in [0.4, 0.5) is 28.4 Å². The molecule has 5 aromatic rings. The number of aromatic nitrogens is 2. The molecule has 19 heteroatoms. The van der Waals surface area contributed by atoms with Gasteiger partial charge in [-0.3, -0.25) is 14.9 Å². The number of hydrogen-bond acceptors (Lipinski definition) is 14. The second-order valence-corrected chi connectivity index (χ2v) is 10.4. The summed E-state index contributed by atoms with van der Waals surface area (Å²) in [5.41, 5.74) is -0.678. The van der Waals surface area contributed by atoms with Crippen molar-refractivity contribution in [3.05, 3.63) is 111 Å². The zero-order chi connectivity index (χ0) is 33.6. The fourth-order valence-electron chi connectivity index (χ4n) is 3.58. The van der Waals surface area contributed by atoms with E-state index in [-0.39, 0.29) is 54.4 Å². The SMILES string of the molecule is Cc1[n-]n(-c2ccccc2)c(=O)c1N=Nc1cc([N+](=O)[O-])ccc1[O-].O=S(=O)([O-])c1ccc([O-])c(N=Nc2ccc(O)cc2[O-])c1.[Cr+3].[H+].[H+]. The molecule has 0 amide bonds. The molecule has 1 heterocycles. The van der Waals surface area contributed by atoms with Crippen LogP contribution in [0.25, 0.3) is 5.69 Å². The molecule has 17 nitrogen and oxygen atoms in total. The number of phenolic OH excluding ortho intramolecular Hbond substituents is 1. The monoisotopic (exact) mass is 698 g/mol. The van der Waals surface area contributed by atoms with E-state index in [1.807, 2.05) is 6.07 Å². The minimum Gasteiger partial charge on any atom is -0.871 e. The summed E-state index contributed by atoms with van der Waals surface area (Å²) in [6, 6.07) is 17.7. The van der Waals surface area contributed by atoms with Crippen LogP contribution in [-0.2, 0) is 27.5 Å². The fraction of sp³-hybridized carbons (Fsp3) is 0.0357. The molecule has 4 aromatic carbocycles. The van der Waals surface area contributed by atoms with Gasteiger partial charge in [0.1, 0.15) is 21.6 Å². The standard InChI is InChI=1S/C16H13N5O4.C12H10N2O6S.Cr/c1-10-15(16(23)20(19-10)11-5-3-2-4-6-11)18-17-13-9-12(21(24)25)7-8-14(13)22;15-7-1-3-9(12(17)5-7)13-14-10-6-8(21(18,19)20)2-4-11(10)16;/h2-9H,1H3,(H2,17,18,19,22,23);1-6,15-17H,(H,18,19,20);/q;;+3/p-3. The predicted octanol–water partition coefficient (Wildman–Crippen LogP) is 3.58. The topological polar surface area (TPSA) is 275 Å². The first-order chi connectivity index (χ1) is 21.7. The van der Waals surface area contributed by atoms with Gasteiger partial charge in [0.15, 0.2) is 0 Å². The summed E-state index contributed by atoms with van der Waals surface area (Å²) in [4.78, 5) is 21.9. The zero-order valence-electron chi connectivity index (χ0n) is 25.7. The Balaban J connectivity index is 0.000000468. The van der Waals surface area contributed by atoms with Gasteiger partial charge in [0.05, 0.1) is 26.9 Å². The van der Waals surface area contributed by atoms with Crippen molar-refractivity contribution in [2.24, 2.45) is 20.5 Å². The third-order valence-corrected chi connectivity index (χ3v) is 6.66. The third kappa shape index (κ3) is 8.87. The molecule has 0 aliphatic rings. The Bertz CT molecular complexity index is 2160. The van der Waals surface area contributed by atoms with E-state index in [1.165, 1.54) is 16.8 Å². The van der Waals surface area contributed by atoms with Gasteiger partial charge in [0, 0.05) is 17.8 Å². The molecule has 0 saturated heterocycles. The van der Waals surface area contributed by atoms with Crippen molar-refractivity contribution in [3.8, 4) is 28.7 Å². The molecule has 1 aromatic heterocycles. The molecule has 0 atom stereocenters. The van der Waals surface area contributed by atoms with Gasteiger partial charge in [-0.15, -0.1) is 10.8 Å². The van der Waals surface area contributed by atoms with Crippen LogP contribution in [0.15, 0.2) is 115 Å². The van der Waals surface area contributed by atoms with Gasteiger partial charge in [-0.2, -0.15) is 15.3 Å². The largest absolute Gasteiger partial charge is 3.00 e. The molecule has 0 saturated carbocycles. The van der Waals surface area contributed by atoms with Crippen molar-refractivity contribution in [2.75, 3.05) is 0 Å². The summed E-state index contributed by atoms with van der Waals surface area (Å²) in [6.07, 6.45) is 0. The summed E-state index contributed by atoms with van der Waals surface area (Å²) < 4.78 is 33.7. The van der Waals surface area contributed by atoms with Crippen molar-refractivity contribution < 1.29 is 58.5 Å². The summed E-state index contributed by atoms with van der Waals surface area (Å²) in [5.74, 6) is -2.06. The van der Waals surface area contributed by atoms with Crippen molar-refractivity contribution in [1.82, 2.24) is 9.78 Å². The van der Waals surface area contributed by atoms with E-state index in [9.17, 15) is 43.2 Å². The van der Waals surface area contributed by atoms with E-state index in [0.717, 1.165) is 42.5 Å². The van der Waals surface area contributed by atoms with Crippen LogP contribution >= 0.6 is 0 Å². The first-order valence-corrected chi connectivity index (χ1v) is 14.0. The maximum absolute atomic E-state index is 12.4. The Morgan fingerprint density at radius 1 is 0.809 bits per heavy atom. The molecule has 1 radical (unpaired) electrons. The number of nitrogens with zero attached hydrogens (tertiary/aromatic N) is 7. The number of aromatic hydroxyl groups is 1. The predicted molar refractivity (Wildman–Crippen MR) is 155 cm³/mol. The van der Waals surface area contributed by atoms with Gasteiger partial charge in [-0.1, -0.05) is 54.5 Å². The van der Waals surface area contributed by atoms with Gasteiger partial charge in [-0.05, 0) is 42.5 Å². The quantitative estimate of drug-likeness (QED) is 0.111. The van der Waals surface area contributed by atoms with E-state index in [1.54, 1.807) is 31.2 Å². The van der Waals surface area contributed by atoms with E-state index >= 15 is 0 Å². The van der Waals surface area contributed by atoms with Gasteiger partial charge in [0.25, 0.3) is 11.2 Å². The Morgan fingerprint density at radius 2 is 1.40 bits per heavy atom. The normalized spacial score (nSPS) is 11.2. The second kappa shape index (κ2) is 14.9. The first kappa shape index (κ1) is 35.6. The number of aryl methyl sites for hydroxylation is 1. The molecule has 47 heavy (non-hydrogen) atoms. The van der Waals surface area contributed by atoms with Crippen LogP contribution in [-0.4, -0.2) is 27.7 Å². The number of nitro groups is 1. The van der Waals surface area contributed by atoms with Crippen LogP contribution in [0.3, 0.4) is 0 Å². The molecule has 0 unspecified atom stereocenters. The Hall–Kier alpha value is -5.87. The molecule has 1 N–H and O–H groups in total. The summed E-state index contributed by atoms with van der Waals surface area (Å²) in [6.45, 7) is 1.58. The number of azo groups is 2. The van der Waals surface area contributed by atoms with Crippen LogP contribution in [0.1, 0.15) is 8.55 Å². The average molecular weight is 699 g/mol. The number of phenols is 1. The number of benzene rings is 4. The van der Waals surface area contributed by atoms with Gasteiger partial charge in [-0.25, -0.2) is 8.42 Å². The number of para-hydroxylation sites is 1. The third-order valence-electron chi connectivity index (χ3n) is 5.83. The molecule has 0 bridgehead atoms. The molecule has 5 rings (SSSR count). The van der Waals surface area contributed by atoms with E-state index < -0.39 is 42.7 Å². The zero-order valence-corrected chi connectivity index (χ0v) is 25.7. The van der Waals surface area contributed by atoms with Gasteiger partial charge >= 0.3 is 20.2 Å². The number of hydrogen-bond donors (Lipinski definition) is 1. The summed E-state index contributed by atoms with van der Waals surface area (Å²) in [7, 11) is -4.72. The van der Waals surface area contributed by atoms with Crippen LogP contribution < -0.4 is 26.0 Å². The van der Waals surface area contributed by atoms with Crippen LogP contribution in [0.5, 0.6) is 23.0 Å². The average Bonchev–Trinajstić information content (AvgIpc) is 3.29. The summed E-state index contributed by atoms with van der Waals surface area (Å²) in [5, 5.41) is 73.1. The Kier molecular flexibility index (Phi) is 11.3. The molecular formula is C28H20CrN7O10S. The van der Waals surface area contributed by atoms with E-state index in [0.29, 0.717) is 11.4 Å². The minimum atomic E-state index is -4.72. The van der Waals surface area contributed by atoms with Crippen molar-refractivity contribution in [3.63, 3.8) is 0 Å². The Morgan fingerprint density at radius 3 is 2.02 bits per heavy atom. The van der Waals surface area contributed by atoms with Crippen molar-refractivity contribution in [1.29, 1.82) is 0 Å². The molecule has 0 spiro atoms. The number of rotatable bonds is 7. The summed E-state index contributed by atoms with van der Waals surface area (Å²) >= 11 is 0. The molecule has 0 fully saturated rings.